The molecular formula is C42H52O7. The Kier molecular flexibility index (Phi) is 7.49. The summed E-state index contributed by atoms with van der Waals surface area (Å²) in [5.74, 6) is -2.22. The monoisotopic (exact) mass is 668 g/mol. The lowest BCUT2D eigenvalue weighted by Crippen LogP contribution is -2.69. The Labute approximate surface area is 289 Å². The molecule has 0 aromatic heterocycles. The average Bonchev–Trinajstić information content (AvgIpc) is 3.21. The minimum Gasteiger partial charge on any atom is -0.478 e. The Balaban J connectivity index is 1.40. The van der Waals surface area contributed by atoms with E-state index in [1.807, 2.05) is 70.2 Å². The molecule has 7 rings (SSSR count). The van der Waals surface area contributed by atoms with Gasteiger partial charge in [-0.25, -0.2) is 4.79 Å². The fourth-order valence-electron chi connectivity index (χ4n) is 12.5. The van der Waals surface area contributed by atoms with E-state index in [1.165, 1.54) is 6.08 Å². The van der Waals surface area contributed by atoms with Crippen molar-refractivity contribution in [2.45, 2.75) is 110 Å². The summed E-state index contributed by atoms with van der Waals surface area (Å²) in [7, 11) is 0. The largest absolute Gasteiger partial charge is 0.478 e. The third-order valence-electron chi connectivity index (χ3n) is 14.9. The van der Waals surface area contributed by atoms with Crippen molar-refractivity contribution in [2.75, 3.05) is 0 Å². The quantitative estimate of drug-likeness (QED) is 0.250. The molecular weight excluding hydrogens is 616 g/mol. The van der Waals surface area contributed by atoms with Gasteiger partial charge in [0.1, 0.15) is 11.4 Å². The highest BCUT2D eigenvalue weighted by atomic mass is 16.4. The number of hydrogen-bond donors (Lipinski definition) is 4. The number of aliphatic hydroxyl groups is 3. The minimum absolute atomic E-state index is 0.0299. The van der Waals surface area contributed by atoms with Crippen LogP contribution in [0.5, 0.6) is 0 Å². The average molecular weight is 669 g/mol. The van der Waals surface area contributed by atoms with Gasteiger partial charge in [0.05, 0.1) is 11.2 Å². The van der Waals surface area contributed by atoms with E-state index in [9.17, 15) is 34.8 Å². The van der Waals surface area contributed by atoms with Crippen molar-refractivity contribution >= 4 is 23.6 Å². The number of aliphatic carboxylic acids is 1. The van der Waals surface area contributed by atoms with Crippen LogP contribution in [0.2, 0.25) is 0 Å². The third kappa shape index (κ3) is 4.47. The zero-order valence-electron chi connectivity index (χ0n) is 29.8. The summed E-state index contributed by atoms with van der Waals surface area (Å²) < 4.78 is 0. The maximum absolute atomic E-state index is 14.9. The number of benzene rings is 1. The fraction of sp³-hybridized carbons (Fsp3) is 0.595. The molecule has 2 fully saturated rings. The van der Waals surface area contributed by atoms with E-state index in [-0.39, 0.29) is 41.3 Å². The Hall–Kier alpha value is -3.13. The summed E-state index contributed by atoms with van der Waals surface area (Å²) in [6, 6.07) is 9.88. The van der Waals surface area contributed by atoms with Gasteiger partial charge in [-0.05, 0) is 85.0 Å². The van der Waals surface area contributed by atoms with Crippen molar-refractivity contribution in [1.29, 1.82) is 0 Å². The van der Waals surface area contributed by atoms with Crippen LogP contribution in [0.15, 0.2) is 71.4 Å². The molecule has 262 valence electrons. The van der Waals surface area contributed by atoms with E-state index >= 15 is 0 Å². The van der Waals surface area contributed by atoms with Crippen molar-refractivity contribution < 1.29 is 34.8 Å². The Morgan fingerprint density at radius 2 is 1.67 bits per heavy atom. The maximum atomic E-state index is 14.9. The molecule has 4 N–H and O–H groups in total. The Morgan fingerprint density at radius 1 is 0.980 bits per heavy atom. The molecule has 1 aromatic rings. The number of fused-ring (bicyclic) bond motifs is 2. The molecule has 0 unspecified atom stereocenters. The first-order valence-electron chi connectivity index (χ1n) is 18.2. The SMILES string of the molecule is C[C@H](C[C@]1(O)C=C(C(=O)O)CCC1)[C@H]1C[C@@]2(O)C=C[C@]3(O)C4=C(C(=O)C[C@@]1(C)[C@]42C)[C@@]1(C)CCC(=O)C(C)(C)[C@H]1[C@H]3/C=C/c1ccccc1. The minimum atomic E-state index is -1.63. The van der Waals surface area contributed by atoms with Gasteiger partial charge in [0.2, 0.25) is 0 Å². The number of Topliss-reactive ketones (excluding diaryl/α,β-unsaturated/α-hetero) is 2. The van der Waals surface area contributed by atoms with Crippen LogP contribution in [-0.2, 0) is 14.4 Å². The molecule has 0 amide bonds. The van der Waals surface area contributed by atoms with Crippen molar-refractivity contribution in [3.05, 3.63) is 76.9 Å². The third-order valence-corrected chi connectivity index (χ3v) is 14.9. The summed E-state index contributed by atoms with van der Waals surface area (Å²) in [6.07, 6.45) is 12.2. The Morgan fingerprint density at radius 3 is 2.35 bits per heavy atom. The van der Waals surface area contributed by atoms with Gasteiger partial charge in [-0.1, -0.05) is 90.1 Å². The van der Waals surface area contributed by atoms with Crippen LogP contribution in [0, 0.1) is 45.3 Å². The maximum Gasteiger partial charge on any atom is 0.331 e. The van der Waals surface area contributed by atoms with E-state index in [1.54, 1.807) is 12.2 Å². The second-order valence-electron chi connectivity index (χ2n) is 17.7. The molecule has 0 heterocycles. The molecule has 0 aliphatic heterocycles. The molecule has 49 heavy (non-hydrogen) atoms. The number of carbonyl (C=O) groups excluding carboxylic acids is 2. The molecule has 0 radical (unpaired) electrons. The highest BCUT2D eigenvalue weighted by Crippen LogP contribution is 2.78. The first-order chi connectivity index (χ1) is 22.8. The molecule has 0 saturated heterocycles. The van der Waals surface area contributed by atoms with Crippen LogP contribution < -0.4 is 0 Å². The van der Waals surface area contributed by atoms with Gasteiger partial charge < -0.3 is 20.4 Å². The molecule has 6 aliphatic carbocycles. The topological polar surface area (TPSA) is 132 Å². The standard InChI is InChI=1S/C42H52O7/c1-25(21-40(47)17-10-13-27(22-40)35(45)46)29-23-41(48)19-20-42(49)28(15-14-26-11-8-7-9-12-26)33-36(2,3)31(44)16-18-37(33,4)32-30(43)24-38(29,5)39(41,6)34(32)42/h7-9,11-12,14-15,19-20,22,25,28-29,33,47-49H,10,13,16-18,21,23-24H2,1-6H3,(H,45,46)/b15-14+/t25-,28-,29-,33-,37-,38-,39+,40+,41+,42-/m1/s1. The van der Waals surface area contributed by atoms with E-state index in [0.717, 1.165) is 5.56 Å². The second kappa shape index (κ2) is 10.7. The molecule has 7 nitrogen and oxygen atoms in total. The smallest absolute Gasteiger partial charge is 0.331 e. The second-order valence-corrected chi connectivity index (χ2v) is 17.7. The molecule has 0 spiro atoms. The van der Waals surface area contributed by atoms with Crippen molar-refractivity contribution in [3.63, 3.8) is 0 Å². The van der Waals surface area contributed by atoms with Crippen LogP contribution in [0.3, 0.4) is 0 Å². The Bertz CT molecular complexity index is 1750. The highest BCUT2D eigenvalue weighted by Gasteiger charge is 2.78. The number of allylic oxidation sites excluding steroid dienone is 1. The van der Waals surface area contributed by atoms with Crippen LogP contribution in [0.1, 0.15) is 98.5 Å². The van der Waals surface area contributed by atoms with Gasteiger partial charge in [0, 0.05) is 46.2 Å². The van der Waals surface area contributed by atoms with E-state index in [4.69, 9.17) is 0 Å². The lowest BCUT2D eigenvalue weighted by Gasteiger charge is -2.68. The van der Waals surface area contributed by atoms with Gasteiger partial charge in [-0.3, -0.25) is 9.59 Å². The van der Waals surface area contributed by atoms with Crippen molar-refractivity contribution in [3.8, 4) is 0 Å². The van der Waals surface area contributed by atoms with Crippen LogP contribution >= 0.6 is 0 Å². The number of hydrogen-bond acceptors (Lipinski definition) is 6. The molecule has 6 aliphatic rings. The number of carbonyl (C=O) groups is 3. The first kappa shape index (κ1) is 34.3. The molecule has 10 atom stereocenters. The molecule has 2 saturated carbocycles. The zero-order valence-corrected chi connectivity index (χ0v) is 29.8. The van der Waals surface area contributed by atoms with E-state index < -0.39 is 50.4 Å². The lowest BCUT2D eigenvalue weighted by atomic mass is 9.36. The summed E-state index contributed by atoms with van der Waals surface area (Å²) >= 11 is 0. The number of rotatable bonds is 6. The van der Waals surface area contributed by atoms with Gasteiger partial charge >= 0.3 is 5.97 Å². The van der Waals surface area contributed by atoms with Gasteiger partial charge in [-0.15, -0.1) is 0 Å². The zero-order chi connectivity index (χ0) is 35.6. The normalized spacial score (nSPS) is 44.4. The van der Waals surface area contributed by atoms with Crippen LogP contribution in [0.25, 0.3) is 6.08 Å². The van der Waals surface area contributed by atoms with Crippen molar-refractivity contribution in [2.24, 2.45) is 45.3 Å². The van der Waals surface area contributed by atoms with Crippen LogP contribution in [-0.4, -0.2) is 54.8 Å². The molecule has 7 heteroatoms. The van der Waals surface area contributed by atoms with Crippen LogP contribution in [0.4, 0.5) is 0 Å². The number of ketones is 2. The molecule has 0 bridgehead atoms. The summed E-state index contributed by atoms with van der Waals surface area (Å²) in [5, 5.41) is 47.5. The fourth-order valence-corrected chi connectivity index (χ4v) is 12.5. The predicted octanol–water partition coefficient (Wildman–Crippen LogP) is 6.63. The summed E-state index contributed by atoms with van der Waals surface area (Å²) in [4.78, 5) is 40.4. The predicted molar refractivity (Wildman–Crippen MR) is 187 cm³/mol. The van der Waals surface area contributed by atoms with Crippen molar-refractivity contribution in [1.82, 2.24) is 0 Å². The van der Waals surface area contributed by atoms with Gasteiger partial charge in [0.25, 0.3) is 0 Å². The first-order valence-corrected chi connectivity index (χ1v) is 18.2. The molecule has 1 aromatic carbocycles. The van der Waals surface area contributed by atoms with E-state index in [0.29, 0.717) is 56.1 Å². The van der Waals surface area contributed by atoms with E-state index in [2.05, 4.69) is 13.8 Å². The number of carboxylic acids is 1. The summed E-state index contributed by atoms with van der Waals surface area (Å²) in [6.45, 7) is 12.2. The lowest BCUT2D eigenvalue weighted by molar-refractivity contribution is -0.161. The summed E-state index contributed by atoms with van der Waals surface area (Å²) in [5.41, 5.74) is -5.24. The number of carboxylic acid groups (broad SMARTS) is 1. The highest BCUT2D eigenvalue weighted by molar-refractivity contribution is 6.02. The van der Waals surface area contributed by atoms with Gasteiger partial charge in [0.15, 0.2) is 5.78 Å². The van der Waals surface area contributed by atoms with Gasteiger partial charge in [-0.2, -0.15) is 0 Å².